The molecule has 3 aromatic rings. The van der Waals surface area contributed by atoms with Crippen LogP contribution in [0.3, 0.4) is 0 Å². The fourth-order valence-electron chi connectivity index (χ4n) is 2.60. The first-order valence-electron chi connectivity index (χ1n) is 7.57. The van der Waals surface area contributed by atoms with Gasteiger partial charge >= 0.3 is 0 Å². The van der Waals surface area contributed by atoms with E-state index in [1.807, 2.05) is 0 Å². The summed E-state index contributed by atoms with van der Waals surface area (Å²) >= 11 is 0. The summed E-state index contributed by atoms with van der Waals surface area (Å²) < 4.78 is 32.4. The molecule has 0 saturated carbocycles. The van der Waals surface area contributed by atoms with Crippen LogP contribution in [0.2, 0.25) is 0 Å². The Morgan fingerprint density at radius 3 is 2.44 bits per heavy atom. The number of aromatic hydroxyl groups is 1. The van der Waals surface area contributed by atoms with Gasteiger partial charge in [-0.25, -0.2) is 0 Å². The number of hydrogen-bond acceptors (Lipinski definition) is 7. The molecule has 0 aliphatic heterocycles. The SMILES string of the molecule is Cc1ccc(N=Nc2c(O)ccc3c(S(=O)(=O)O)cccc23)cc1[N+](=O)[O-]. The van der Waals surface area contributed by atoms with Crippen LogP contribution >= 0.6 is 0 Å². The predicted molar refractivity (Wildman–Crippen MR) is 97.4 cm³/mol. The summed E-state index contributed by atoms with van der Waals surface area (Å²) in [5.74, 6) is -0.264. The Labute approximate surface area is 153 Å². The Hall–Kier alpha value is -3.37. The Kier molecular flexibility index (Phi) is 4.60. The molecule has 0 bridgehead atoms. The summed E-state index contributed by atoms with van der Waals surface area (Å²) in [6.45, 7) is 1.59. The van der Waals surface area contributed by atoms with Gasteiger partial charge in [-0.15, -0.1) is 5.11 Å². The highest BCUT2D eigenvalue weighted by atomic mass is 32.2. The lowest BCUT2D eigenvalue weighted by Gasteiger charge is -2.07. The maximum atomic E-state index is 11.5. The van der Waals surface area contributed by atoms with Crippen molar-refractivity contribution in [3.05, 3.63) is 64.2 Å². The summed E-state index contributed by atoms with van der Waals surface area (Å²) in [5.41, 5.74) is 0.503. The summed E-state index contributed by atoms with van der Waals surface area (Å²) in [5, 5.41) is 29.4. The standard InChI is InChI=1S/C17H13N3O6S/c1-10-5-6-11(9-14(10)20(22)23)18-19-17-13-3-2-4-16(27(24,25)26)12(13)7-8-15(17)21/h2-9,21H,1H3,(H,24,25,26). The van der Waals surface area contributed by atoms with E-state index in [4.69, 9.17) is 0 Å². The number of nitrogens with zero attached hydrogens (tertiary/aromatic N) is 3. The Balaban J connectivity index is 2.15. The molecule has 0 radical (unpaired) electrons. The molecule has 9 nitrogen and oxygen atoms in total. The van der Waals surface area contributed by atoms with E-state index in [2.05, 4.69) is 10.2 Å². The second-order valence-electron chi connectivity index (χ2n) is 5.69. The molecule has 0 amide bonds. The van der Waals surface area contributed by atoms with Crippen molar-refractivity contribution in [3.63, 3.8) is 0 Å². The zero-order valence-corrected chi connectivity index (χ0v) is 14.7. The van der Waals surface area contributed by atoms with Gasteiger partial charge in [0.15, 0.2) is 0 Å². The molecule has 2 N–H and O–H groups in total. The monoisotopic (exact) mass is 387 g/mol. The highest BCUT2D eigenvalue weighted by Crippen LogP contribution is 2.38. The molecular weight excluding hydrogens is 374 g/mol. The second kappa shape index (κ2) is 6.74. The number of hydrogen-bond donors (Lipinski definition) is 2. The van der Waals surface area contributed by atoms with Gasteiger partial charge in [0.2, 0.25) is 0 Å². The summed E-state index contributed by atoms with van der Waals surface area (Å²) in [4.78, 5) is 10.2. The molecule has 0 unspecified atom stereocenters. The third kappa shape index (κ3) is 3.61. The summed E-state index contributed by atoms with van der Waals surface area (Å²) in [6.07, 6.45) is 0. The van der Waals surface area contributed by atoms with Crippen LogP contribution in [0, 0.1) is 17.0 Å². The fraction of sp³-hybridized carbons (Fsp3) is 0.0588. The minimum Gasteiger partial charge on any atom is -0.506 e. The Bertz CT molecular complexity index is 1200. The van der Waals surface area contributed by atoms with Crippen LogP contribution in [-0.2, 0) is 10.1 Å². The normalized spacial score (nSPS) is 11.9. The van der Waals surface area contributed by atoms with Gasteiger partial charge in [0.25, 0.3) is 15.8 Å². The van der Waals surface area contributed by atoms with E-state index in [-0.39, 0.29) is 38.5 Å². The van der Waals surface area contributed by atoms with Crippen molar-refractivity contribution in [2.75, 3.05) is 0 Å². The second-order valence-corrected chi connectivity index (χ2v) is 7.08. The third-order valence-electron chi connectivity index (χ3n) is 3.90. The molecule has 0 aliphatic rings. The zero-order valence-electron chi connectivity index (χ0n) is 13.9. The van der Waals surface area contributed by atoms with Crippen molar-refractivity contribution in [1.29, 1.82) is 0 Å². The highest BCUT2D eigenvalue weighted by molar-refractivity contribution is 7.86. The van der Waals surface area contributed by atoms with Crippen molar-refractivity contribution in [2.24, 2.45) is 10.2 Å². The van der Waals surface area contributed by atoms with Gasteiger partial charge in [0, 0.05) is 22.4 Å². The zero-order chi connectivity index (χ0) is 19.8. The number of phenols is 1. The van der Waals surface area contributed by atoms with E-state index in [0.717, 1.165) is 0 Å². The molecule has 3 rings (SSSR count). The van der Waals surface area contributed by atoms with E-state index in [1.54, 1.807) is 6.92 Å². The molecule has 0 spiro atoms. The van der Waals surface area contributed by atoms with Crippen molar-refractivity contribution in [1.82, 2.24) is 0 Å². The first-order chi connectivity index (χ1) is 12.7. The number of aryl methyl sites for hydroxylation is 1. The van der Waals surface area contributed by atoms with Gasteiger partial charge < -0.3 is 5.11 Å². The smallest absolute Gasteiger partial charge is 0.295 e. The summed E-state index contributed by atoms with van der Waals surface area (Å²) in [6, 6.07) is 11.0. The third-order valence-corrected chi connectivity index (χ3v) is 4.82. The number of azo groups is 1. The van der Waals surface area contributed by atoms with E-state index in [9.17, 15) is 28.2 Å². The number of fused-ring (bicyclic) bond motifs is 1. The molecule has 0 atom stereocenters. The quantitative estimate of drug-likeness (QED) is 0.293. The van der Waals surface area contributed by atoms with Gasteiger partial charge in [-0.05, 0) is 31.2 Å². The van der Waals surface area contributed by atoms with Gasteiger partial charge in [-0.2, -0.15) is 13.5 Å². The maximum absolute atomic E-state index is 11.5. The van der Waals surface area contributed by atoms with Gasteiger partial charge in [-0.1, -0.05) is 18.2 Å². The number of nitro groups is 1. The van der Waals surface area contributed by atoms with Crippen molar-refractivity contribution < 1.29 is 23.0 Å². The first-order valence-corrected chi connectivity index (χ1v) is 9.01. The summed E-state index contributed by atoms with van der Waals surface area (Å²) in [7, 11) is -4.47. The van der Waals surface area contributed by atoms with Crippen LogP contribution in [0.15, 0.2) is 63.7 Å². The van der Waals surface area contributed by atoms with Crippen LogP contribution < -0.4 is 0 Å². The van der Waals surface area contributed by atoms with E-state index < -0.39 is 15.0 Å². The number of phenolic OH excluding ortho intramolecular Hbond substituents is 1. The number of nitro benzene ring substituents is 1. The molecule has 27 heavy (non-hydrogen) atoms. The maximum Gasteiger partial charge on any atom is 0.295 e. The van der Waals surface area contributed by atoms with E-state index in [1.165, 1.54) is 48.5 Å². The molecule has 0 aliphatic carbocycles. The predicted octanol–water partition coefficient (Wildman–Crippen LogP) is 4.42. The number of benzene rings is 3. The average Bonchev–Trinajstić information content (AvgIpc) is 2.60. The number of rotatable bonds is 4. The molecule has 0 heterocycles. The molecule has 138 valence electrons. The van der Waals surface area contributed by atoms with Gasteiger partial charge in [0.1, 0.15) is 16.3 Å². The molecule has 0 saturated heterocycles. The van der Waals surface area contributed by atoms with Crippen LogP contribution in [-0.4, -0.2) is 23.0 Å². The Morgan fingerprint density at radius 2 is 1.78 bits per heavy atom. The first kappa shape index (κ1) is 18.4. The lowest BCUT2D eigenvalue weighted by atomic mass is 10.1. The van der Waals surface area contributed by atoms with Crippen molar-refractivity contribution >= 4 is 38.0 Å². The van der Waals surface area contributed by atoms with Gasteiger partial charge in [0.05, 0.1) is 10.6 Å². The minimum atomic E-state index is -4.47. The average molecular weight is 387 g/mol. The topological polar surface area (TPSA) is 142 Å². The Morgan fingerprint density at radius 1 is 1.04 bits per heavy atom. The van der Waals surface area contributed by atoms with Gasteiger partial charge in [-0.3, -0.25) is 14.7 Å². The highest BCUT2D eigenvalue weighted by Gasteiger charge is 2.17. The van der Waals surface area contributed by atoms with E-state index >= 15 is 0 Å². The lowest BCUT2D eigenvalue weighted by Crippen LogP contribution is -1.98. The van der Waals surface area contributed by atoms with Crippen LogP contribution in [0.25, 0.3) is 10.8 Å². The fourth-order valence-corrected chi connectivity index (χ4v) is 3.30. The molecular formula is C17H13N3O6S. The molecule has 3 aromatic carbocycles. The van der Waals surface area contributed by atoms with Crippen LogP contribution in [0.4, 0.5) is 17.1 Å². The lowest BCUT2D eigenvalue weighted by molar-refractivity contribution is -0.385. The molecule has 10 heteroatoms. The van der Waals surface area contributed by atoms with Crippen molar-refractivity contribution in [2.45, 2.75) is 11.8 Å². The minimum absolute atomic E-state index is 0.0266. The molecule has 0 fully saturated rings. The molecule has 0 aromatic heterocycles. The van der Waals surface area contributed by atoms with Crippen molar-refractivity contribution in [3.8, 4) is 5.75 Å². The van der Waals surface area contributed by atoms with Crippen LogP contribution in [0.5, 0.6) is 5.75 Å². The largest absolute Gasteiger partial charge is 0.506 e. The van der Waals surface area contributed by atoms with Crippen LogP contribution in [0.1, 0.15) is 5.56 Å². The van der Waals surface area contributed by atoms with E-state index in [0.29, 0.717) is 5.56 Å².